The molecule has 0 radical (unpaired) electrons. The van der Waals surface area contributed by atoms with Crippen molar-refractivity contribution in [3.8, 4) is 6.07 Å². The topological polar surface area (TPSA) is 74.5 Å². The molecule has 1 N–H and O–H groups in total. The summed E-state index contributed by atoms with van der Waals surface area (Å²) in [5.74, 6) is 0.517. The van der Waals surface area contributed by atoms with E-state index < -0.39 is 0 Å². The summed E-state index contributed by atoms with van der Waals surface area (Å²) in [6.07, 6.45) is 2.70. The van der Waals surface area contributed by atoms with Crippen LogP contribution in [-0.2, 0) is 13.0 Å². The van der Waals surface area contributed by atoms with Gasteiger partial charge in [0, 0.05) is 6.20 Å². The fourth-order valence-electron chi connectivity index (χ4n) is 1.99. The molecular weight excluding hydrogens is 250 g/mol. The highest BCUT2D eigenvalue weighted by molar-refractivity contribution is 5.55. The van der Waals surface area contributed by atoms with Gasteiger partial charge in [0.05, 0.1) is 17.9 Å². The van der Waals surface area contributed by atoms with Crippen molar-refractivity contribution >= 4 is 5.82 Å². The lowest BCUT2D eigenvalue weighted by molar-refractivity contribution is 0.918. The Hall–Kier alpha value is -2.48. The maximum Gasteiger partial charge on any atom is 0.167 e. The molecule has 0 aliphatic rings. The second-order valence-corrected chi connectivity index (χ2v) is 4.56. The first-order valence-electron chi connectivity index (χ1n) is 6.58. The molecule has 0 aromatic carbocycles. The first-order chi connectivity index (χ1) is 9.67. The van der Waals surface area contributed by atoms with Crippen molar-refractivity contribution in [1.82, 2.24) is 15.2 Å². The molecule has 0 unspecified atom stereocenters. The van der Waals surface area contributed by atoms with Crippen molar-refractivity contribution in [3.05, 3.63) is 46.4 Å². The summed E-state index contributed by atoms with van der Waals surface area (Å²) in [4.78, 5) is 4.37. The van der Waals surface area contributed by atoms with E-state index in [1.807, 2.05) is 19.9 Å². The predicted molar refractivity (Wildman–Crippen MR) is 77.2 cm³/mol. The standard InChI is InChI=1S/C15H17N5/c1-4-12-6-5-7-17-14(12)9-18-15-13(8-16)10(2)11(3)19-20-15/h5-7H,4,9H2,1-3H3,(H,18,20). The van der Waals surface area contributed by atoms with Crippen LogP contribution in [-0.4, -0.2) is 15.2 Å². The van der Waals surface area contributed by atoms with Gasteiger partial charge in [0.15, 0.2) is 5.82 Å². The summed E-state index contributed by atoms with van der Waals surface area (Å²) < 4.78 is 0. The highest BCUT2D eigenvalue weighted by Crippen LogP contribution is 2.18. The fraction of sp³-hybridized carbons (Fsp3) is 0.333. The summed E-state index contributed by atoms with van der Waals surface area (Å²) in [7, 11) is 0. The third-order valence-corrected chi connectivity index (χ3v) is 3.36. The molecule has 2 aromatic rings. The lowest BCUT2D eigenvalue weighted by Gasteiger charge is -2.11. The monoisotopic (exact) mass is 267 g/mol. The van der Waals surface area contributed by atoms with Gasteiger partial charge in [-0.05, 0) is 37.5 Å². The Morgan fingerprint density at radius 1 is 1.30 bits per heavy atom. The van der Waals surface area contributed by atoms with E-state index in [2.05, 4.69) is 39.6 Å². The molecule has 2 aromatic heterocycles. The van der Waals surface area contributed by atoms with Crippen molar-refractivity contribution in [3.63, 3.8) is 0 Å². The summed E-state index contributed by atoms with van der Waals surface area (Å²) in [6, 6.07) is 6.17. The van der Waals surface area contributed by atoms with Gasteiger partial charge in [-0.1, -0.05) is 13.0 Å². The Labute approximate surface area is 118 Å². The lowest BCUT2D eigenvalue weighted by Crippen LogP contribution is -2.09. The van der Waals surface area contributed by atoms with Gasteiger partial charge in [0.25, 0.3) is 0 Å². The Kier molecular flexibility index (Phi) is 4.26. The number of aryl methyl sites for hydroxylation is 2. The molecule has 20 heavy (non-hydrogen) atoms. The predicted octanol–water partition coefficient (Wildman–Crippen LogP) is 2.53. The van der Waals surface area contributed by atoms with E-state index in [-0.39, 0.29) is 0 Å². The van der Waals surface area contributed by atoms with Crippen LogP contribution < -0.4 is 5.32 Å². The van der Waals surface area contributed by atoms with E-state index >= 15 is 0 Å². The van der Waals surface area contributed by atoms with Crippen LogP contribution in [0.2, 0.25) is 0 Å². The van der Waals surface area contributed by atoms with Crippen molar-refractivity contribution in [2.45, 2.75) is 33.7 Å². The van der Waals surface area contributed by atoms with Crippen LogP contribution >= 0.6 is 0 Å². The molecule has 2 rings (SSSR count). The second kappa shape index (κ2) is 6.11. The number of anilines is 1. The number of nitrogens with one attached hydrogen (secondary N) is 1. The van der Waals surface area contributed by atoms with Crippen LogP contribution in [0.1, 0.15) is 35.0 Å². The van der Waals surface area contributed by atoms with Gasteiger partial charge in [-0.25, -0.2) is 0 Å². The normalized spacial score (nSPS) is 10.1. The van der Waals surface area contributed by atoms with E-state index in [1.54, 1.807) is 6.20 Å². The van der Waals surface area contributed by atoms with Gasteiger partial charge in [0.2, 0.25) is 0 Å². The molecule has 2 heterocycles. The third-order valence-electron chi connectivity index (χ3n) is 3.36. The Balaban J connectivity index is 2.24. The van der Waals surface area contributed by atoms with Gasteiger partial charge in [-0.2, -0.15) is 10.4 Å². The number of hydrogen-bond acceptors (Lipinski definition) is 5. The molecule has 5 nitrogen and oxygen atoms in total. The van der Waals surface area contributed by atoms with Crippen LogP contribution in [0.15, 0.2) is 18.3 Å². The van der Waals surface area contributed by atoms with E-state index in [4.69, 9.17) is 0 Å². The van der Waals surface area contributed by atoms with Crippen LogP contribution in [0.25, 0.3) is 0 Å². The number of pyridine rings is 1. The lowest BCUT2D eigenvalue weighted by atomic mass is 10.1. The molecule has 0 aliphatic carbocycles. The van der Waals surface area contributed by atoms with Gasteiger partial charge >= 0.3 is 0 Å². The van der Waals surface area contributed by atoms with Gasteiger partial charge < -0.3 is 5.32 Å². The first kappa shape index (κ1) is 13.9. The van der Waals surface area contributed by atoms with Crippen LogP contribution in [0.5, 0.6) is 0 Å². The number of nitrogens with zero attached hydrogens (tertiary/aromatic N) is 4. The van der Waals surface area contributed by atoms with Crippen molar-refractivity contribution in [1.29, 1.82) is 5.26 Å². The van der Waals surface area contributed by atoms with E-state index in [0.717, 1.165) is 23.4 Å². The van der Waals surface area contributed by atoms with Gasteiger partial charge in [0.1, 0.15) is 11.6 Å². The van der Waals surface area contributed by atoms with Crippen molar-refractivity contribution < 1.29 is 0 Å². The zero-order valence-corrected chi connectivity index (χ0v) is 11.9. The summed E-state index contributed by atoms with van der Waals surface area (Å²) >= 11 is 0. The second-order valence-electron chi connectivity index (χ2n) is 4.56. The summed E-state index contributed by atoms with van der Waals surface area (Å²) in [5, 5.41) is 20.5. The van der Waals surface area contributed by atoms with Gasteiger partial charge in [-0.3, -0.25) is 4.98 Å². The molecule has 0 saturated carbocycles. The van der Waals surface area contributed by atoms with E-state index in [0.29, 0.717) is 17.9 Å². The summed E-state index contributed by atoms with van der Waals surface area (Å²) in [5.41, 5.74) is 4.35. The number of nitriles is 1. The minimum Gasteiger partial charge on any atom is -0.362 e. The number of aromatic nitrogens is 3. The Morgan fingerprint density at radius 3 is 2.80 bits per heavy atom. The quantitative estimate of drug-likeness (QED) is 0.921. The van der Waals surface area contributed by atoms with Crippen molar-refractivity contribution in [2.75, 3.05) is 5.32 Å². The fourth-order valence-corrected chi connectivity index (χ4v) is 1.99. The zero-order valence-electron chi connectivity index (χ0n) is 11.9. The number of rotatable bonds is 4. The molecule has 0 atom stereocenters. The summed E-state index contributed by atoms with van der Waals surface area (Å²) in [6.45, 7) is 6.36. The largest absolute Gasteiger partial charge is 0.362 e. The Bertz CT molecular complexity index is 658. The number of hydrogen-bond donors (Lipinski definition) is 1. The van der Waals surface area contributed by atoms with Crippen LogP contribution in [0.4, 0.5) is 5.82 Å². The smallest absolute Gasteiger partial charge is 0.167 e. The van der Waals surface area contributed by atoms with Crippen LogP contribution in [0, 0.1) is 25.2 Å². The molecule has 0 aliphatic heterocycles. The zero-order chi connectivity index (χ0) is 14.5. The molecule has 5 heteroatoms. The molecule has 0 bridgehead atoms. The average molecular weight is 267 g/mol. The van der Waals surface area contributed by atoms with E-state index in [9.17, 15) is 5.26 Å². The Morgan fingerprint density at radius 2 is 2.10 bits per heavy atom. The SMILES string of the molecule is CCc1cccnc1CNc1nnc(C)c(C)c1C#N. The molecule has 102 valence electrons. The molecule has 0 spiro atoms. The average Bonchev–Trinajstić information content (AvgIpc) is 2.48. The maximum atomic E-state index is 9.25. The molecule has 0 fully saturated rings. The minimum atomic E-state index is 0.517. The molecular formula is C15H17N5. The van der Waals surface area contributed by atoms with Gasteiger partial charge in [-0.15, -0.1) is 5.10 Å². The minimum absolute atomic E-state index is 0.517. The van der Waals surface area contributed by atoms with E-state index in [1.165, 1.54) is 5.56 Å². The maximum absolute atomic E-state index is 9.25. The van der Waals surface area contributed by atoms with Crippen LogP contribution in [0.3, 0.4) is 0 Å². The highest BCUT2D eigenvalue weighted by Gasteiger charge is 2.11. The molecule has 0 amide bonds. The first-order valence-corrected chi connectivity index (χ1v) is 6.58. The van der Waals surface area contributed by atoms with Crippen molar-refractivity contribution in [2.24, 2.45) is 0 Å². The molecule has 0 saturated heterocycles. The third kappa shape index (κ3) is 2.75. The highest BCUT2D eigenvalue weighted by atomic mass is 15.2.